The Balaban J connectivity index is 2.50. The Morgan fingerprint density at radius 2 is 2.13 bits per heavy atom. The van der Waals surface area contributed by atoms with E-state index in [2.05, 4.69) is 9.97 Å². The molecule has 0 amide bonds. The monoisotopic (exact) mass is 210 g/mol. The number of imidazole rings is 1. The van der Waals surface area contributed by atoms with Gasteiger partial charge in [0.05, 0.1) is 6.33 Å². The summed E-state index contributed by atoms with van der Waals surface area (Å²) in [5.74, 6) is -0.874. The summed E-state index contributed by atoms with van der Waals surface area (Å²) >= 11 is 0. The average molecular weight is 210 g/mol. The Morgan fingerprint density at radius 1 is 1.47 bits per heavy atom. The Labute approximate surface area is 87.9 Å². The van der Waals surface area contributed by atoms with Gasteiger partial charge < -0.3 is 9.72 Å². The van der Waals surface area contributed by atoms with Crippen molar-refractivity contribution in [1.29, 1.82) is 0 Å². The molecule has 0 radical (unpaired) electrons. The summed E-state index contributed by atoms with van der Waals surface area (Å²) in [5.41, 5.74) is -0.316. The molecule has 1 aromatic rings. The molecule has 0 unspecified atom stereocenters. The molecule has 1 rings (SSSR count). The lowest BCUT2D eigenvalue weighted by atomic mass is 10.2. The van der Waals surface area contributed by atoms with E-state index >= 15 is 0 Å². The first-order valence-corrected chi connectivity index (χ1v) is 4.62. The minimum absolute atomic E-state index is 0.251. The van der Waals surface area contributed by atoms with Crippen LogP contribution in [0, 0.1) is 0 Å². The second kappa shape index (κ2) is 4.25. The number of aromatic amines is 1. The van der Waals surface area contributed by atoms with Crippen LogP contribution in [0.3, 0.4) is 0 Å². The van der Waals surface area contributed by atoms with Gasteiger partial charge >= 0.3 is 5.97 Å². The van der Waals surface area contributed by atoms with Gasteiger partial charge in [0, 0.05) is 6.20 Å². The molecule has 1 heterocycles. The molecule has 5 nitrogen and oxygen atoms in total. The van der Waals surface area contributed by atoms with Crippen molar-refractivity contribution in [3.63, 3.8) is 0 Å². The van der Waals surface area contributed by atoms with Crippen LogP contribution < -0.4 is 0 Å². The molecule has 0 saturated heterocycles. The summed E-state index contributed by atoms with van der Waals surface area (Å²) in [4.78, 5) is 29.1. The maximum absolute atomic E-state index is 11.4. The van der Waals surface area contributed by atoms with Crippen LogP contribution in [0.1, 0.15) is 37.7 Å². The average Bonchev–Trinajstić information content (AvgIpc) is 2.50. The van der Waals surface area contributed by atoms with Crippen molar-refractivity contribution in [3.8, 4) is 0 Å². The molecule has 0 saturated carbocycles. The molecule has 0 spiro atoms. The van der Waals surface area contributed by atoms with Gasteiger partial charge in [-0.05, 0) is 20.8 Å². The number of rotatable bonds is 3. The maximum atomic E-state index is 11.4. The zero-order chi connectivity index (χ0) is 11.5. The summed E-state index contributed by atoms with van der Waals surface area (Å²) in [6, 6.07) is 0. The Hall–Kier alpha value is -1.65. The molecule has 0 aliphatic rings. The largest absolute Gasteiger partial charge is 0.460 e. The van der Waals surface area contributed by atoms with Gasteiger partial charge in [-0.2, -0.15) is 0 Å². The Morgan fingerprint density at radius 3 is 2.60 bits per heavy atom. The van der Waals surface area contributed by atoms with Crippen LogP contribution in [0.2, 0.25) is 0 Å². The zero-order valence-electron chi connectivity index (χ0n) is 9.03. The summed E-state index contributed by atoms with van der Waals surface area (Å²) in [6.07, 6.45) is 2.57. The van der Waals surface area contributed by atoms with Crippen LogP contribution >= 0.6 is 0 Å². The molecule has 15 heavy (non-hydrogen) atoms. The van der Waals surface area contributed by atoms with Crippen molar-refractivity contribution in [2.45, 2.75) is 32.8 Å². The van der Waals surface area contributed by atoms with Crippen molar-refractivity contribution in [2.24, 2.45) is 0 Å². The van der Waals surface area contributed by atoms with Crippen LogP contribution in [-0.4, -0.2) is 27.3 Å². The summed E-state index contributed by atoms with van der Waals surface area (Å²) in [5, 5.41) is 0. The van der Waals surface area contributed by atoms with Crippen molar-refractivity contribution in [2.75, 3.05) is 0 Å². The molecule has 0 atom stereocenters. The first-order chi connectivity index (χ1) is 6.88. The van der Waals surface area contributed by atoms with Gasteiger partial charge in [-0.15, -0.1) is 0 Å². The standard InChI is InChI=1S/C10H14N2O3/c1-10(2,3)15-9(14)4-8(13)7-5-11-6-12-7/h5-6H,4H2,1-3H3,(H,11,12). The molecular weight excluding hydrogens is 196 g/mol. The number of ether oxygens (including phenoxy) is 1. The van der Waals surface area contributed by atoms with E-state index in [1.54, 1.807) is 20.8 Å². The molecule has 0 aliphatic carbocycles. The van der Waals surface area contributed by atoms with Gasteiger partial charge in [0.15, 0.2) is 5.78 Å². The number of aromatic nitrogens is 2. The molecule has 0 bridgehead atoms. The molecule has 1 N–H and O–H groups in total. The molecule has 82 valence electrons. The predicted molar refractivity (Wildman–Crippen MR) is 53.4 cm³/mol. The fraction of sp³-hybridized carbons (Fsp3) is 0.500. The van der Waals surface area contributed by atoms with Gasteiger partial charge in [-0.25, -0.2) is 4.98 Å². The van der Waals surface area contributed by atoms with Crippen molar-refractivity contribution in [3.05, 3.63) is 18.2 Å². The minimum atomic E-state index is -0.567. The smallest absolute Gasteiger partial charge is 0.314 e. The lowest BCUT2D eigenvalue weighted by Crippen LogP contribution is -2.25. The number of H-pyrrole nitrogens is 1. The quantitative estimate of drug-likeness (QED) is 0.464. The number of carbonyl (C=O) groups is 2. The van der Waals surface area contributed by atoms with E-state index in [4.69, 9.17) is 4.74 Å². The number of nitrogens with zero attached hydrogens (tertiary/aromatic N) is 1. The van der Waals surface area contributed by atoms with Crippen molar-refractivity contribution < 1.29 is 14.3 Å². The molecule has 0 aromatic carbocycles. The Kier molecular flexibility index (Phi) is 3.24. The number of ketones is 1. The Bertz CT molecular complexity index is 349. The fourth-order valence-corrected chi connectivity index (χ4v) is 1.01. The van der Waals surface area contributed by atoms with E-state index in [1.807, 2.05) is 0 Å². The van der Waals surface area contributed by atoms with Crippen LogP contribution in [-0.2, 0) is 9.53 Å². The van der Waals surface area contributed by atoms with Gasteiger partial charge in [0.2, 0.25) is 0 Å². The third kappa shape index (κ3) is 3.93. The highest BCUT2D eigenvalue weighted by atomic mass is 16.6. The maximum Gasteiger partial charge on any atom is 0.314 e. The highest BCUT2D eigenvalue weighted by Gasteiger charge is 2.20. The van der Waals surface area contributed by atoms with Crippen LogP contribution in [0.15, 0.2) is 12.5 Å². The predicted octanol–water partition coefficient (Wildman–Crippen LogP) is 1.32. The van der Waals surface area contributed by atoms with Gasteiger partial charge in [-0.3, -0.25) is 9.59 Å². The van der Waals surface area contributed by atoms with E-state index in [1.165, 1.54) is 12.5 Å². The third-order valence-electron chi connectivity index (χ3n) is 1.51. The van der Waals surface area contributed by atoms with E-state index in [-0.39, 0.29) is 17.9 Å². The molecule has 1 aromatic heterocycles. The SMILES string of the molecule is CC(C)(C)OC(=O)CC(=O)c1c[nH]cn1. The molecule has 0 fully saturated rings. The number of nitrogens with one attached hydrogen (secondary N) is 1. The van der Waals surface area contributed by atoms with E-state index in [0.717, 1.165) is 0 Å². The number of carbonyl (C=O) groups excluding carboxylic acids is 2. The molecule has 0 aliphatic heterocycles. The highest BCUT2D eigenvalue weighted by molar-refractivity contribution is 6.04. The number of hydrogen-bond acceptors (Lipinski definition) is 4. The lowest BCUT2D eigenvalue weighted by Gasteiger charge is -2.18. The summed E-state index contributed by atoms with van der Waals surface area (Å²) in [7, 11) is 0. The minimum Gasteiger partial charge on any atom is -0.460 e. The van der Waals surface area contributed by atoms with Crippen LogP contribution in [0.4, 0.5) is 0 Å². The van der Waals surface area contributed by atoms with Crippen LogP contribution in [0.5, 0.6) is 0 Å². The van der Waals surface area contributed by atoms with E-state index < -0.39 is 11.6 Å². The summed E-state index contributed by atoms with van der Waals surface area (Å²) < 4.78 is 5.01. The highest BCUT2D eigenvalue weighted by Crippen LogP contribution is 2.09. The number of esters is 1. The topological polar surface area (TPSA) is 72.1 Å². The first kappa shape index (κ1) is 11.4. The number of Topliss-reactive ketones (excluding diaryl/α,β-unsaturated/α-hetero) is 1. The van der Waals surface area contributed by atoms with Gasteiger partial charge in [-0.1, -0.05) is 0 Å². The summed E-state index contributed by atoms with van der Waals surface area (Å²) in [6.45, 7) is 5.26. The number of hydrogen-bond donors (Lipinski definition) is 1. The zero-order valence-corrected chi connectivity index (χ0v) is 9.03. The fourth-order valence-electron chi connectivity index (χ4n) is 1.01. The van der Waals surface area contributed by atoms with E-state index in [0.29, 0.717) is 0 Å². The second-order valence-corrected chi connectivity index (χ2v) is 4.14. The first-order valence-electron chi connectivity index (χ1n) is 4.62. The lowest BCUT2D eigenvalue weighted by molar-refractivity contribution is -0.153. The van der Waals surface area contributed by atoms with E-state index in [9.17, 15) is 9.59 Å². The third-order valence-corrected chi connectivity index (χ3v) is 1.51. The second-order valence-electron chi connectivity index (χ2n) is 4.14. The van der Waals surface area contributed by atoms with Crippen molar-refractivity contribution >= 4 is 11.8 Å². The van der Waals surface area contributed by atoms with Gasteiger partial charge in [0.1, 0.15) is 17.7 Å². The van der Waals surface area contributed by atoms with Crippen molar-refractivity contribution in [1.82, 2.24) is 9.97 Å². The van der Waals surface area contributed by atoms with Gasteiger partial charge in [0.25, 0.3) is 0 Å². The molecule has 5 heteroatoms. The molecular formula is C10H14N2O3. The normalized spacial score (nSPS) is 11.1. The van der Waals surface area contributed by atoms with Crippen LogP contribution in [0.25, 0.3) is 0 Å².